The van der Waals surface area contributed by atoms with Gasteiger partial charge in [0.25, 0.3) is 0 Å². The molecule has 0 radical (unpaired) electrons. The molecule has 0 aliphatic heterocycles. The van der Waals surface area contributed by atoms with Crippen LogP contribution in [0.15, 0.2) is 48.5 Å². The summed E-state index contributed by atoms with van der Waals surface area (Å²) >= 11 is 0. The molecule has 0 N–H and O–H groups in total. The molecule has 120 valence electrons. The quantitative estimate of drug-likeness (QED) is 0.429. The average molecular weight is 360 g/mol. The minimum atomic E-state index is 0.220. The fourth-order valence-corrected chi connectivity index (χ4v) is 5.60. The van der Waals surface area contributed by atoms with Crippen molar-refractivity contribution in [2.75, 3.05) is 0 Å². The van der Waals surface area contributed by atoms with Crippen molar-refractivity contribution in [1.29, 1.82) is 5.26 Å². The Morgan fingerprint density at radius 3 is 1.74 bits per heavy atom. The Bertz CT molecular complexity index is 649. The van der Waals surface area contributed by atoms with Gasteiger partial charge in [0.2, 0.25) is 0 Å². The van der Waals surface area contributed by atoms with Crippen LogP contribution in [0, 0.1) is 11.3 Å². The van der Waals surface area contributed by atoms with Gasteiger partial charge in [-0.15, -0.1) is 0 Å². The molecule has 2 aromatic carbocycles. The molecule has 0 atom stereocenters. The summed E-state index contributed by atoms with van der Waals surface area (Å²) in [5.41, 5.74) is 4.96. The summed E-state index contributed by atoms with van der Waals surface area (Å²) in [5, 5.41) is 8.78. The number of rotatable bonds is 6. The summed E-state index contributed by atoms with van der Waals surface area (Å²) in [7, 11) is 5.55. The van der Waals surface area contributed by atoms with Crippen molar-refractivity contribution in [1.82, 2.24) is 0 Å². The van der Waals surface area contributed by atoms with Gasteiger partial charge in [0.15, 0.2) is 0 Å². The maximum atomic E-state index is 8.78. The summed E-state index contributed by atoms with van der Waals surface area (Å²) < 4.78 is 0. The van der Waals surface area contributed by atoms with Crippen molar-refractivity contribution in [2.24, 2.45) is 0 Å². The molecule has 4 heteroatoms. The van der Waals surface area contributed by atoms with Gasteiger partial charge in [0.1, 0.15) is 0 Å². The Hall–Kier alpha value is -1.02. The third-order valence-electron chi connectivity index (χ3n) is 3.45. The Morgan fingerprint density at radius 1 is 0.826 bits per heavy atom. The first-order valence-corrected chi connectivity index (χ1v) is 11.3. The molecule has 0 fully saturated rings. The largest absolute Gasteiger partial charge is 0.192 e. The molecule has 2 aromatic rings. The highest BCUT2D eigenvalue weighted by atomic mass is 33.5. The van der Waals surface area contributed by atoms with E-state index < -0.39 is 0 Å². The zero-order chi connectivity index (χ0) is 16.7. The highest BCUT2D eigenvalue weighted by Crippen LogP contribution is 2.39. The number of benzene rings is 2. The fourth-order valence-electron chi connectivity index (χ4n) is 1.99. The molecule has 1 nitrogen and oxygen atoms in total. The minimum Gasteiger partial charge on any atom is -0.192 e. The lowest BCUT2D eigenvalue weighted by molar-refractivity contribution is 0.590. The predicted octanol–water partition coefficient (Wildman–Crippen LogP) is 6.59. The molecule has 0 aliphatic carbocycles. The van der Waals surface area contributed by atoms with Crippen molar-refractivity contribution in [3.8, 4) is 6.07 Å². The second kappa shape index (κ2) is 8.73. The topological polar surface area (TPSA) is 23.8 Å². The Morgan fingerprint density at radius 2 is 1.30 bits per heavy atom. The van der Waals surface area contributed by atoms with Crippen LogP contribution in [0.5, 0.6) is 0 Å². The minimum absolute atomic E-state index is 0.220. The standard InChI is InChI=1S/C19H21NS3/c1-19(2,3)18-10-8-17(9-11-18)14-22-23-21-13-16-6-4-15(12-20)5-7-16/h4-11H,13-14H2,1-3H3. The second-order valence-electron chi connectivity index (χ2n) is 6.35. The van der Waals surface area contributed by atoms with Gasteiger partial charge >= 0.3 is 0 Å². The Kier molecular flexibility index (Phi) is 6.95. The normalized spacial score (nSPS) is 11.2. The predicted molar refractivity (Wildman–Crippen MR) is 106 cm³/mol. The maximum absolute atomic E-state index is 8.78. The first-order chi connectivity index (χ1) is 11.0. The van der Waals surface area contributed by atoms with Crippen LogP contribution in [0.1, 0.15) is 43.0 Å². The SMILES string of the molecule is CC(C)(C)c1ccc(CSSSCc2ccc(C#N)cc2)cc1. The van der Waals surface area contributed by atoms with Gasteiger partial charge in [0.05, 0.1) is 11.6 Å². The van der Waals surface area contributed by atoms with Gasteiger partial charge < -0.3 is 0 Å². The fraction of sp³-hybridized carbons (Fsp3) is 0.316. The van der Waals surface area contributed by atoms with Crippen LogP contribution < -0.4 is 0 Å². The Balaban J connectivity index is 1.70. The van der Waals surface area contributed by atoms with Crippen LogP contribution in [-0.4, -0.2) is 0 Å². The molecule has 0 aromatic heterocycles. The van der Waals surface area contributed by atoms with Crippen molar-refractivity contribution < 1.29 is 0 Å². The number of hydrogen-bond donors (Lipinski definition) is 0. The average Bonchev–Trinajstić information content (AvgIpc) is 2.55. The van der Waals surface area contributed by atoms with E-state index in [4.69, 9.17) is 5.26 Å². The molecular weight excluding hydrogens is 338 g/mol. The van der Waals surface area contributed by atoms with Gasteiger partial charge in [0, 0.05) is 11.5 Å². The van der Waals surface area contributed by atoms with Crippen molar-refractivity contribution in [2.45, 2.75) is 37.7 Å². The lowest BCUT2D eigenvalue weighted by atomic mass is 9.87. The highest BCUT2D eigenvalue weighted by molar-refractivity contribution is 9.09. The lowest BCUT2D eigenvalue weighted by Gasteiger charge is -2.19. The smallest absolute Gasteiger partial charge is 0.0991 e. The van der Waals surface area contributed by atoms with E-state index in [2.05, 4.69) is 51.1 Å². The Labute approximate surface area is 151 Å². The molecule has 0 saturated heterocycles. The maximum Gasteiger partial charge on any atom is 0.0991 e. The molecule has 0 aliphatic rings. The number of nitriles is 1. The van der Waals surface area contributed by atoms with E-state index in [9.17, 15) is 0 Å². The van der Waals surface area contributed by atoms with Gasteiger partial charge in [-0.05, 0) is 44.1 Å². The van der Waals surface area contributed by atoms with Crippen LogP contribution in [0.2, 0.25) is 0 Å². The van der Waals surface area contributed by atoms with Crippen molar-refractivity contribution in [3.05, 3.63) is 70.8 Å². The van der Waals surface area contributed by atoms with Crippen LogP contribution in [-0.2, 0) is 16.9 Å². The first kappa shape index (κ1) is 18.3. The summed E-state index contributed by atoms with van der Waals surface area (Å²) in [6, 6.07) is 18.9. The van der Waals surface area contributed by atoms with E-state index in [1.165, 1.54) is 16.7 Å². The summed E-state index contributed by atoms with van der Waals surface area (Å²) in [6.07, 6.45) is 0. The van der Waals surface area contributed by atoms with E-state index >= 15 is 0 Å². The van der Waals surface area contributed by atoms with Crippen molar-refractivity contribution in [3.63, 3.8) is 0 Å². The van der Waals surface area contributed by atoms with Crippen LogP contribution in [0.3, 0.4) is 0 Å². The van der Waals surface area contributed by atoms with Crippen LogP contribution in [0.4, 0.5) is 0 Å². The second-order valence-corrected chi connectivity index (χ2v) is 10.6. The number of nitrogens with zero attached hydrogens (tertiary/aromatic N) is 1. The van der Waals surface area contributed by atoms with Gasteiger partial charge in [-0.2, -0.15) is 5.26 Å². The van der Waals surface area contributed by atoms with Gasteiger partial charge in [-0.1, -0.05) is 78.8 Å². The molecule has 0 saturated carbocycles. The van der Waals surface area contributed by atoms with Crippen LogP contribution >= 0.6 is 31.4 Å². The van der Waals surface area contributed by atoms with Gasteiger partial charge in [-0.3, -0.25) is 0 Å². The van der Waals surface area contributed by atoms with Gasteiger partial charge in [-0.25, -0.2) is 0 Å². The number of hydrogen-bond acceptors (Lipinski definition) is 4. The summed E-state index contributed by atoms with van der Waals surface area (Å²) in [5.74, 6) is 1.99. The molecule has 0 heterocycles. The molecule has 0 amide bonds. The highest BCUT2D eigenvalue weighted by Gasteiger charge is 2.12. The van der Waals surface area contributed by atoms with E-state index in [1.54, 1.807) is 0 Å². The third kappa shape index (κ3) is 6.18. The van der Waals surface area contributed by atoms with E-state index in [0.717, 1.165) is 17.1 Å². The molecular formula is C19H21NS3. The van der Waals surface area contributed by atoms with E-state index in [-0.39, 0.29) is 5.41 Å². The molecule has 0 bridgehead atoms. The van der Waals surface area contributed by atoms with E-state index in [0.29, 0.717) is 0 Å². The molecule has 0 spiro atoms. The van der Waals surface area contributed by atoms with E-state index in [1.807, 2.05) is 55.7 Å². The zero-order valence-electron chi connectivity index (χ0n) is 13.7. The van der Waals surface area contributed by atoms with Crippen LogP contribution in [0.25, 0.3) is 0 Å². The molecule has 2 rings (SSSR count). The summed E-state index contributed by atoms with van der Waals surface area (Å²) in [6.45, 7) is 6.73. The monoisotopic (exact) mass is 359 g/mol. The molecule has 23 heavy (non-hydrogen) atoms. The lowest BCUT2D eigenvalue weighted by Crippen LogP contribution is -2.10. The zero-order valence-corrected chi connectivity index (χ0v) is 16.2. The summed E-state index contributed by atoms with van der Waals surface area (Å²) in [4.78, 5) is 0. The first-order valence-electron chi connectivity index (χ1n) is 7.48. The van der Waals surface area contributed by atoms with Crippen molar-refractivity contribution >= 4 is 31.4 Å². The third-order valence-corrected chi connectivity index (χ3v) is 7.56. The molecule has 0 unspecified atom stereocenters.